The fraction of sp³-hybridized carbons (Fsp3) is 0.619. The first-order valence-corrected chi connectivity index (χ1v) is 10.7. The summed E-state index contributed by atoms with van der Waals surface area (Å²) in [6, 6.07) is 3.43. The number of piperidine rings is 1. The minimum absolute atomic E-state index is 0.209. The zero-order chi connectivity index (χ0) is 21.9. The molecule has 1 aromatic carbocycles. The van der Waals surface area contributed by atoms with E-state index in [9.17, 15) is 9.90 Å². The van der Waals surface area contributed by atoms with Gasteiger partial charge in [-0.1, -0.05) is 25.4 Å². The minimum Gasteiger partial charge on any atom is -0.388 e. The number of nitrogens with one attached hydrogen (secondary N) is 2. The number of halogens is 1. The molecule has 1 fully saturated rings. The molecule has 2 aromatic rings. The highest BCUT2D eigenvalue weighted by Gasteiger charge is 2.40. The van der Waals surface area contributed by atoms with Gasteiger partial charge in [-0.3, -0.25) is 9.94 Å². The monoisotopic (exact) mass is 437 g/mol. The molecule has 0 saturated carbocycles. The molecule has 1 aliphatic rings. The van der Waals surface area contributed by atoms with Crippen molar-refractivity contribution in [3.63, 3.8) is 0 Å². The Balaban J connectivity index is 1.60. The number of carbonyl (C=O) groups is 1. The van der Waals surface area contributed by atoms with E-state index in [0.717, 1.165) is 35.9 Å². The predicted molar refractivity (Wildman–Crippen MR) is 117 cm³/mol. The zero-order valence-electron chi connectivity index (χ0n) is 18.1. The Morgan fingerprint density at radius 1 is 1.43 bits per heavy atom. The number of carbonyl (C=O) groups excluding carboxylic acids is 1. The Morgan fingerprint density at radius 2 is 2.13 bits per heavy atom. The summed E-state index contributed by atoms with van der Waals surface area (Å²) in [5, 5.41) is 19.8. The second kappa shape index (κ2) is 9.51. The molecular weight excluding hydrogens is 406 g/mol. The standard InChI is InChI=1S/C21H32ClN5O3/c1-21(2,19(28)17-12-16(22)11-14-13-23-24-18(14)17)15-5-7-27(8-6-15)20(29)25-30-10-9-26(3)4/h11-13,15,19,28H,5-10H2,1-4H3,(H,23,24)(H,25,29). The molecule has 9 heteroatoms. The molecule has 0 bridgehead atoms. The van der Waals surface area contributed by atoms with Gasteiger partial charge < -0.3 is 14.9 Å². The van der Waals surface area contributed by atoms with E-state index >= 15 is 0 Å². The molecule has 0 spiro atoms. The molecule has 1 unspecified atom stereocenters. The lowest BCUT2D eigenvalue weighted by Crippen LogP contribution is -2.47. The van der Waals surface area contributed by atoms with Crippen LogP contribution in [-0.2, 0) is 4.84 Å². The van der Waals surface area contributed by atoms with Gasteiger partial charge in [-0.25, -0.2) is 10.3 Å². The van der Waals surface area contributed by atoms with E-state index in [-0.39, 0.29) is 11.9 Å². The summed E-state index contributed by atoms with van der Waals surface area (Å²) in [5.41, 5.74) is 3.69. The number of hydrogen-bond acceptors (Lipinski definition) is 5. The quantitative estimate of drug-likeness (QED) is 0.457. The number of likely N-dealkylation sites (N-methyl/N-ethyl adjacent to an activating group) is 1. The van der Waals surface area contributed by atoms with E-state index in [1.807, 2.05) is 31.1 Å². The van der Waals surface area contributed by atoms with Crippen LogP contribution in [0.5, 0.6) is 0 Å². The zero-order valence-corrected chi connectivity index (χ0v) is 18.9. The molecule has 1 aliphatic heterocycles. The number of benzene rings is 1. The van der Waals surface area contributed by atoms with Gasteiger partial charge in [0.2, 0.25) is 0 Å². The smallest absolute Gasteiger partial charge is 0.341 e. The number of amides is 2. The highest BCUT2D eigenvalue weighted by atomic mass is 35.5. The molecule has 1 aromatic heterocycles. The third-order valence-corrected chi connectivity index (χ3v) is 6.40. The SMILES string of the molecule is CN(C)CCONC(=O)N1CCC(C(C)(C)C(O)c2cc(Cl)cc3cn[nH]c23)CC1. The first-order chi connectivity index (χ1) is 14.2. The maximum atomic E-state index is 12.3. The Kier molecular flexibility index (Phi) is 7.23. The molecular formula is C21H32ClN5O3. The summed E-state index contributed by atoms with van der Waals surface area (Å²) in [5.74, 6) is 0.253. The summed E-state index contributed by atoms with van der Waals surface area (Å²) in [4.78, 5) is 21.3. The summed E-state index contributed by atoms with van der Waals surface area (Å²) in [6.07, 6.45) is 2.62. The molecule has 8 nitrogen and oxygen atoms in total. The summed E-state index contributed by atoms with van der Waals surface area (Å²) >= 11 is 6.27. The van der Waals surface area contributed by atoms with Crippen molar-refractivity contribution in [3.05, 3.63) is 28.9 Å². The van der Waals surface area contributed by atoms with Gasteiger partial charge in [0.05, 0.1) is 24.4 Å². The number of aliphatic hydroxyl groups excluding tert-OH is 1. The van der Waals surface area contributed by atoms with Crippen LogP contribution in [0.2, 0.25) is 5.02 Å². The Hall–Kier alpha value is -1.87. The first-order valence-electron chi connectivity index (χ1n) is 10.3. The van der Waals surface area contributed by atoms with Crippen molar-refractivity contribution in [3.8, 4) is 0 Å². The van der Waals surface area contributed by atoms with E-state index in [1.165, 1.54) is 0 Å². The largest absolute Gasteiger partial charge is 0.388 e. The molecule has 1 atom stereocenters. The number of likely N-dealkylation sites (tertiary alicyclic amines) is 1. The van der Waals surface area contributed by atoms with Crippen LogP contribution in [0.15, 0.2) is 18.3 Å². The molecule has 0 aliphatic carbocycles. The van der Waals surface area contributed by atoms with Crippen LogP contribution in [0.4, 0.5) is 4.79 Å². The van der Waals surface area contributed by atoms with Gasteiger partial charge in [-0.15, -0.1) is 0 Å². The molecule has 3 rings (SSSR count). The van der Waals surface area contributed by atoms with Crippen LogP contribution in [0.3, 0.4) is 0 Å². The lowest BCUT2D eigenvalue weighted by molar-refractivity contribution is -0.0182. The van der Waals surface area contributed by atoms with Crippen LogP contribution < -0.4 is 5.48 Å². The number of aromatic amines is 1. The van der Waals surface area contributed by atoms with Crippen molar-refractivity contribution in [1.82, 2.24) is 25.5 Å². The maximum Gasteiger partial charge on any atom is 0.341 e. The van der Waals surface area contributed by atoms with Crippen molar-refractivity contribution in [2.45, 2.75) is 32.8 Å². The third-order valence-electron chi connectivity index (χ3n) is 6.18. The molecule has 1 saturated heterocycles. The van der Waals surface area contributed by atoms with E-state index < -0.39 is 11.5 Å². The van der Waals surface area contributed by atoms with Gasteiger partial charge in [-0.05, 0) is 50.4 Å². The third kappa shape index (κ3) is 5.06. The van der Waals surface area contributed by atoms with Crippen molar-refractivity contribution in [2.24, 2.45) is 11.3 Å². The lowest BCUT2D eigenvalue weighted by Gasteiger charge is -2.43. The summed E-state index contributed by atoms with van der Waals surface area (Å²) < 4.78 is 0. The second-order valence-electron chi connectivity index (χ2n) is 8.87. The maximum absolute atomic E-state index is 12.3. The van der Waals surface area contributed by atoms with Crippen molar-refractivity contribution in [2.75, 3.05) is 40.3 Å². The summed E-state index contributed by atoms with van der Waals surface area (Å²) in [6.45, 7) is 6.58. The Labute approximate surface area is 182 Å². The second-order valence-corrected chi connectivity index (χ2v) is 9.31. The molecule has 3 N–H and O–H groups in total. The number of urea groups is 1. The van der Waals surface area contributed by atoms with Crippen LogP contribution in [0.25, 0.3) is 10.9 Å². The Morgan fingerprint density at radius 3 is 2.80 bits per heavy atom. The number of hydroxylamine groups is 1. The predicted octanol–water partition coefficient (Wildman–Crippen LogP) is 3.19. The van der Waals surface area contributed by atoms with Gasteiger partial charge >= 0.3 is 6.03 Å². The molecule has 2 amide bonds. The van der Waals surface area contributed by atoms with Crippen LogP contribution in [-0.4, -0.2) is 71.5 Å². The van der Waals surface area contributed by atoms with Crippen LogP contribution in [0.1, 0.15) is 38.4 Å². The number of aromatic nitrogens is 2. The minimum atomic E-state index is -0.709. The van der Waals surface area contributed by atoms with Crippen molar-refractivity contribution < 1.29 is 14.7 Å². The van der Waals surface area contributed by atoms with Gasteiger partial charge in [0, 0.05) is 35.6 Å². The summed E-state index contributed by atoms with van der Waals surface area (Å²) in [7, 11) is 3.90. The normalized spacial score (nSPS) is 17.0. The van der Waals surface area contributed by atoms with Gasteiger partial charge in [0.15, 0.2) is 0 Å². The number of fused-ring (bicyclic) bond motifs is 1. The molecule has 166 valence electrons. The number of nitrogens with zero attached hydrogens (tertiary/aromatic N) is 3. The number of H-pyrrole nitrogens is 1. The number of aliphatic hydroxyl groups is 1. The van der Waals surface area contributed by atoms with Crippen LogP contribution in [0, 0.1) is 11.3 Å². The molecule has 0 radical (unpaired) electrons. The molecule has 2 heterocycles. The highest BCUT2D eigenvalue weighted by molar-refractivity contribution is 6.31. The lowest BCUT2D eigenvalue weighted by atomic mass is 9.68. The number of hydrogen-bond donors (Lipinski definition) is 3. The average Bonchev–Trinajstić information content (AvgIpc) is 3.18. The van der Waals surface area contributed by atoms with E-state index in [2.05, 4.69) is 29.5 Å². The van der Waals surface area contributed by atoms with Crippen LogP contribution >= 0.6 is 11.6 Å². The van der Waals surface area contributed by atoms with Gasteiger partial charge in [-0.2, -0.15) is 5.10 Å². The topological polar surface area (TPSA) is 93.7 Å². The van der Waals surface area contributed by atoms with Gasteiger partial charge in [0.25, 0.3) is 0 Å². The van der Waals surface area contributed by atoms with E-state index in [0.29, 0.717) is 24.7 Å². The van der Waals surface area contributed by atoms with E-state index in [4.69, 9.17) is 16.4 Å². The number of rotatable bonds is 7. The fourth-order valence-corrected chi connectivity index (χ4v) is 4.35. The highest BCUT2D eigenvalue weighted by Crippen LogP contribution is 2.46. The van der Waals surface area contributed by atoms with Crippen molar-refractivity contribution >= 4 is 28.5 Å². The van der Waals surface area contributed by atoms with Crippen molar-refractivity contribution in [1.29, 1.82) is 0 Å². The average molecular weight is 438 g/mol. The molecule has 30 heavy (non-hydrogen) atoms. The van der Waals surface area contributed by atoms with Gasteiger partial charge in [0.1, 0.15) is 0 Å². The Bertz CT molecular complexity index is 861. The van der Waals surface area contributed by atoms with E-state index in [1.54, 1.807) is 11.1 Å². The first kappa shape index (κ1) is 22.8. The fourth-order valence-electron chi connectivity index (χ4n) is 4.12.